The Morgan fingerprint density at radius 1 is 1.21 bits per heavy atom. The molecular formula is C19H21FN2O2. The third-order valence-electron chi connectivity index (χ3n) is 4.52. The lowest BCUT2D eigenvalue weighted by molar-refractivity contribution is 0.0723. The molecule has 1 aromatic heterocycles. The van der Waals surface area contributed by atoms with Crippen molar-refractivity contribution in [3.8, 4) is 0 Å². The monoisotopic (exact) mass is 328 g/mol. The van der Waals surface area contributed by atoms with Gasteiger partial charge in [0.2, 0.25) is 0 Å². The van der Waals surface area contributed by atoms with Crippen LogP contribution in [0.5, 0.6) is 0 Å². The molecule has 1 saturated carbocycles. The summed E-state index contributed by atoms with van der Waals surface area (Å²) >= 11 is 0. The Morgan fingerprint density at radius 2 is 1.83 bits per heavy atom. The largest absolute Gasteiger partial charge is 0.354 e. The minimum absolute atomic E-state index is 0.0446. The molecule has 0 radical (unpaired) electrons. The van der Waals surface area contributed by atoms with Crippen LogP contribution in [-0.4, -0.2) is 27.6 Å². The number of aryl methyl sites for hydroxylation is 1. The summed E-state index contributed by atoms with van der Waals surface area (Å²) in [6.07, 6.45) is 1.95. The van der Waals surface area contributed by atoms with Gasteiger partial charge in [0.15, 0.2) is 5.78 Å². The molecule has 1 aromatic carbocycles. The average Bonchev–Trinajstić information content (AvgIpc) is 3.31. The van der Waals surface area contributed by atoms with Crippen LogP contribution in [0, 0.1) is 19.7 Å². The van der Waals surface area contributed by atoms with Crippen LogP contribution in [0.4, 0.5) is 4.39 Å². The van der Waals surface area contributed by atoms with E-state index < -0.39 is 0 Å². The van der Waals surface area contributed by atoms with E-state index in [9.17, 15) is 14.0 Å². The van der Waals surface area contributed by atoms with Crippen molar-refractivity contribution >= 4 is 11.7 Å². The third kappa shape index (κ3) is 3.11. The summed E-state index contributed by atoms with van der Waals surface area (Å²) in [5.74, 6) is -0.434. The number of aromatic nitrogens is 1. The number of nitrogens with one attached hydrogen (secondary N) is 1. The number of rotatable bonds is 5. The molecule has 1 fully saturated rings. The van der Waals surface area contributed by atoms with Crippen molar-refractivity contribution in [1.82, 2.24) is 9.88 Å². The summed E-state index contributed by atoms with van der Waals surface area (Å²) in [5, 5.41) is 0. The Bertz CT molecular complexity index is 788. The van der Waals surface area contributed by atoms with Gasteiger partial charge in [0.05, 0.1) is 0 Å². The predicted molar refractivity (Wildman–Crippen MR) is 89.6 cm³/mol. The summed E-state index contributed by atoms with van der Waals surface area (Å²) in [5.41, 5.74) is 3.39. The number of aromatic amines is 1. The van der Waals surface area contributed by atoms with Gasteiger partial charge in [-0.2, -0.15) is 0 Å². The summed E-state index contributed by atoms with van der Waals surface area (Å²) in [6.45, 7) is 5.56. The van der Waals surface area contributed by atoms with Crippen molar-refractivity contribution < 1.29 is 14.0 Å². The van der Waals surface area contributed by atoms with Crippen molar-refractivity contribution in [2.45, 2.75) is 46.2 Å². The van der Waals surface area contributed by atoms with E-state index in [4.69, 9.17) is 0 Å². The molecular weight excluding hydrogens is 307 g/mol. The Morgan fingerprint density at radius 3 is 2.33 bits per heavy atom. The molecule has 1 aliphatic rings. The highest BCUT2D eigenvalue weighted by Gasteiger charge is 2.35. The highest BCUT2D eigenvalue weighted by Crippen LogP contribution is 2.31. The molecule has 0 saturated heterocycles. The van der Waals surface area contributed by atoms with Crippen LogP contribution in [0.1, 0.15) is 57.4 Å². The lowest BCUT2D eigenvalue weighted by atomic mass is 10.1. The van der Waals surface area contributed by atoms with Gasteiger partial charge in [0, 0.05) is 23.8 Å². The molecule has 0 aliphatic heterocycles. The van der Waals surface area contributed by atoms with Gasteiger partial charge in [-0.1, -0.05) is 12.1 Å². The van der Waals surface area contributed by atoms with Gasteiger partial charge in [0.1, 0.15) is 11.5 Å². The minimum atomic E-state index is -0.287. The first kappa shape index (κ1) is 16.4. The summed E-state index contributed by atoms with van der Waals surface area (Å²) < 4.78 is 13.1. The standard InChI is InChI=1S/C19H21FN2O2/c1-11-17(13(3)23)12(2)21-18(11)19(24)22(16-8-9-16)10-14-4-6-15(20)7-5-14/h4-7,16,21H,8-10H2,1-3H3. The molecule has 1 aliphatic carbocycles. The number of halogens is 1. The highest BCUT2D eigenvalue weighted by molar-refractivity contribution is 6.02. The molecule has 1 heterocycles. The molecule has 0 atom stereocenters. The van der Waals surface area contributed by atoms with Crippen LogP contribution in [0.3, 0.4) is 0 Å². The zero-order chi connectivity index (χ0) is 17.4. The number of hydrogen-bond donors (Lipinski definition) is 1. The van der Waals surface area contributed by atoms with Crippen LogP contribution >= 0.6 is 0 Å². The first-order chi connectivity index (χ1) is 11.4. The van der Waals surface area contributed by atoms with Gasteiger partial charge in [-0.05, 0) is 56.9 Å². The topological polar surface area (TPSA) is 53.2 Å². The van der Waals surface area contributed by atoms with Crippen LogP contribution in [0.15, 0.2) is 24.3 Å². The molecule has 0 spiro atoms. The van der Waals surface area contributed by atoms with Crippen LogP contribution in [0.2, 0.25) is 0 Å². The number of carbonyl (C=O) groups excluding carboxylic acids is 2. The lowest BCUT2D eigenvalue weighted by Crippen LogP contribution is -2.33. The van der Waals surface area contributed by atoms with E-state index in [2.05, 4.69) is 4.98 Å². The number of nitrogens with zero attached hydrogens (tertiary/aromatic N) is 1. The van der Waals surface area contributed by atoms with Gasteiger partial charge >= 0.3 is 0 Å². The normalized spacial score (nSPS) is 13.8. The van der Waals surface area contributed by atoms with Crippen LogP contribution < -0.4 is 0 Å². The lowest BCUT2D eigenvalue weighted by Gasteiger charge is -2.22. The molecule has 0 unspecified atom stereocenters. The van der Waals surface area contributed by atoms with Crippen molar-refractivity contribution in [3.05, 3.63) is 58.2 Å². The molecule has 1 N–H and O–H groups in total. The molecule has 1 amide bonds. The van der Waals surface area contributed by atoms with Crippen LogP contribution in [-0.2, 0) is 6.54 Å². The fraction of sp³-hybridized carbons (Fsp3) is 0.368. The first-order valence-electron chi connectivity index (χ1n) is 8.14. The fourth-order valence-corrected chi connectivity index (χ4v) is 3.18. The Labute approximate surface area is 140 Å². The number of amides is 1. The zero-order valence-corrected chi connectivity index (χ0v) is 14.1. The summed E-state index contributed by atoms with van der Waals surface area (Å²) in [6, 6.07) is 6.43. The quantitative estimate of drug-likeness (QED) is 0.849. The Balaban J connectivity index is 1.89. The molecule has 126 valence electrons. The fourth-order valence-electron chi connectivity index (χ4n) is 3.18. The number of benzene rings is 1. The summed E-state index contributed by atoms with van der Waals surface area (Å²) in [7, 11) is 0. The second kappa shape index (κ2) is 6.23. The van der Waals surface area contributed by atoms with Crippen molar-refractivity contribution in [2.24, 2.45) is 0 Å². The number of carbonyl (C=O) groups is 2. The SMILES string of the molecule is CC(=O)c1c(C)[nH]c(C(=O)N(Cc2ccc(F)cc2)C2CC2)c1C. The number of H-pyrrole nitrogens is 1. The third-order valence-corrected chi connectivity index (χ3v) is 4.52. The number of ketones is 1. The molecule has 3 rings (SSSR count). The molecule has 24 heavy (non-hydrogen) atoms. The smallest absolute Gasteiger partial charge is 0.271 e. The van der Waals surface area contributed by atoms with Gasteiger partial charge in [-0.3, -0.25) is 9.59 Å². The first-order valence-corrected chi connectivity index (χ1v) is 8.14. The van der Waals surface area contributed by atoms with E-state index in [-0.39, 0.29) is 23.5 Å². The van der Waals surface area contributed by atoms with Crippen LogP contribution in [0.25, 0.3) is 0 Å². The van der Waals surface area contributed by atoms with E-state index in [0.717, 1.165) is 24.1 Å². The zero-order valence-electron chi connectivity index (χ0n) is 14.1. The average molecular weight is 328 g/mol. The van der Waals surface area contributed by atoms with E-state index in [1.807, 2.05) is 11.8 Å². The van der Waals surface area contributed by atoms with E-state index >= 15 is 0 Å². The number of hydrogen-bond acceptors (Lipinski definition) is 2. The van der Waals surface area contributed by atoms with Gasteiger partial charge < -0.3 is 9.88 Å². The second-order valence-electron chi connectivity index (χ2n) is 6.47. The van der Waals surface area contributed by atoms with Gasteiger partial charge in [0.25, 0.3) is 5.91 Å². The Kier molecular flexibility index (Phi) is 4.26. The maximum atomic E-state index is 13.1. The maximum Gasteiger partial charge on any atom is 0.271 e. The van der Waals surface area contributed by atoms with E-state index in [1.165, 1.54) is 19.1 Å². The minimum Gasteiger partial charge on any atom is -0.354 e. The van der Waals surface area contributed by atoms with Gasteiger partial charge in [-0.15, -0.1) is 0 Å². The van der Waals surface area contributed by atoms with Crippen molar-refractivity contribution in [3.63, 3.8) is 0 Å². The highest BCUT2D eigenvalue weighted by atomic mass is 19.1. The van der Waals surface area contributed by atoms with E-state index in [1.54, 1.807) is 19.1 Å². The predicted octanol–water partition coefficient (Wildman–Crippen LogP) is 3.78. The molecule has 5 heteroatoms. The molecule has 2 aromatic rings. The Hall–Kier alpha value is -2.43. The summed E-state index contributed by atoms with van der Waals surface area (Å²) in [4.78, 5) is 29.7. The van der Waals surface area contributed by atoms with Crippen molar-refractivity contribution in [1.29, 1.82) is 0 Å². The second-order valence-corrected chi connectivity index (χ2v) is 6.47. The van der Waals surface area contributed by atoms with E-state index in [0.29, 0.717) is 23.4 Å². The van der Waals surface area contributed by atoms with Gasteiger partial charge in [-0.25, -0.2) is 4.39 Å². The molecule has 0 bridgehead atoms. The maximum absolute atomic E-state index is 13.1. The molecule has 4 nitrogen and oxygen atoms in total. The number of Topliss-reactive ketones (excluding diaryl/α,β-unsaturated/α-hetero) is 1. The van der Waals surface area contributed by atoms with Crippen molar-refractivity contribution in [2.75, 3.05) is 0 Å².